The normalized spacial score (nSPS) is 21.8. The Labute approximate surface area is 205 Å². The van der Waals surface area contributed by atoms with Crippen molar-refractivity contribution in [2.24, 2.45) is 0 Å². The third-order valence-corrected chi connectivity index (χ3v) is 8.05. The van der Waals surface area contributed by atoms with Gasteiger partial charge < -0.3 is 14.4 Å². The lowest BCUT2D eigenvalue weighted by atomic mass is 9.35. The summed E-state index contributed by atoms with van der Waals surface area (Å²) in [6.45, 7) is 2.41. The second-order valence-electron chi connectivity index (χ2n) is 9.92. The predicted molar refractivity (Wildman–Crippen MR) is 142 cm³/mol. The minimum absolute atomic E-state index is 0.0667. The Hall–Kier alpha value is -4.18. The van der Waals surface area contributed by atoms with Crippen LogP contribution in [0.15, 0.2) is 109 Å². The minimum Gasteiger partial charge on any atom is -0.458 e. The van der Waals surface area contributed by atoms with Crippen LogP contribution in [0.5, 0.6) is 23.0 Å². The van der Waals surface area contributed by atoms with Crippen molar-refractivity contribution in [3.05, 3.63) is 115 Å². The molecule has 0 bridgehead atoms. The summed E-state index contributed by atoms with van der Waals surface area (Å²) < 4.78 is 12.7. The summed E-state index contributed by atoms with van der Waals surface area (Å²) in [5, 5.41) is 0. The molecule has 0 fully saturated rings. The average molecular weight is 451 g/mol. The molecule has 3 nitrogen and oxygen atoms in total. The van der Waals surface area contributed by atoms with E-state index in [-0.39, 0.29) is 18.2 Å². The fraction of sp³-hybridized carbons (Fsp3) is 0.0968. The highest BCUT2D eigenvalue weighted by Gasteiger charge is 2.47. The Morgan fingerprint density at radius 2 is 1.49 bits per heavy atom. The molecule has 35 heavy (non-hydrogen) atoms. The molecule has 4 aliphatic rings. The Morgan fingerprint density at radius 3 is 2.37 bits per heavy atom. The molecule has 2 atom stereocenters. The van der Waals surface area contributed by atoms with E-state index in [2.05, 4.69) is 96.8 Å². The number of para-hydroxylation sites is 2. The summed E-state index contributed by atoms with van der Waals surface area (Å²) in [6, 6.07) is 30.1. The molecule has 0 aromatic heterocycles. The van der Waals surface area contributed by atoms with Crippen molar-refractivity contribution in [2.45, 2.75) is 18.4 Å². The van der Waals surface area contributed by atoms with Gasteiger partial charge in [0.1, 0.15) is 23.0 Å². The third kappa shape index (κ3) is 2.46. The van der Waals surface area contributed by atoms with E-state index in [4.69, 9.17) is 9.47 Å². The molecule has 166 valence electrons. The van der Waals surface area contributed by atoms with Crippen LogP contribution in [0.1, 0.15) is 12.5 Å². The van der Waals surface area contributed by atoms with Gasteiger partial charge in [0.2, 0.25) is 0 Å². The zero-order valence-corrected chi connectivity index (χ0v) is 19.3. The number of allylic oxidation sites excluding steroid dienone is 2. The van der Waals surface area contributed by atoms with Gasteiger partial charge in [-0.2, -0.15) is 0 Å². The lowest BCUT2D eigenvalue weighted by Crippen LogP contribution is -2.57. The number of hydrogen-bond donors (Lipinski definition) is 0. The number of anilines is 2. The lowest BCUT2D eigenvalue weighted by Gasteiger charge is -2.36. The Balaban J connectivity index is 1.34. The van der Waals surface area contributed by atoms with E-state index in [1.165, 1.54) is 27.9 Å². The molecule has 0 radical (unpaired) electrons. The molecule has 3 heterocycles. The molecular formula is C31H22BNO2. The van der Waals surface area contributed by atoms with Crippen molar-refractivity contribution in [3.63, 3.8) is 0 Å². The van der Waals surface area contributed by atoms with Gasteiger partial charge in [0.15, 0.2) is 0 Å². The Kier molecular flexibility index (Phi) is 3.67. The summed E-state index contributed by atoms with van der Waals surface area (Å²) in [4.78, 5) is 2.49. The number of hydrogen-bond acceptors (Lipinski definition) is 3. The first-order valence-corrected chi connectivity index (χ1v) is 12.2. The summed E-state index contributed by atoms with van der Waals surface area (Å²) >= 11 is 0. The first-order valence-electron chi connectivity index (χ1n) is 12.2. The quantitative estimate of drug-likeness (QED) is 0.316. The maximum Gasteiger partial charge on any atom is 0.260 e. The molecule has 0 N–H and O–H groups in total. The first kappa shape index (κ1) is 19.2. The summed E-state index contributed by atoms with van der Waals surface area (Å²) in [6.07, 6.45) is 9.02. The Bertz CT molecular complexity index is 1590. The topological polar surface area (TPSA) is 21.7 Å². The van der Waals surface area contributed by atoms with Crippen molar-refractivity contribution in [2.75, 3.05) is 4.90 Å². The molecule has 8 rings (SSSR count). The van der Waals surface area contributed by atoms with Gasteiger partial charge >= 0.3 is 0 Å². The van der Waals surface area contributed by atoms with Crippen LogP contribution in [-0.4, -0.2) is 12.8 Å². The average Bonchev–Trinajstić information content (AvgIpc) is 3.17. The van der Waals surface area contributed by atoms with Gasteiger partial charge in [-0.15, -0.1) is 0 Å². The highest BCUT2D eigenvalue weighted by Crippen LogP contribution is 2.51. The molecule has 4 aromatic carbocycles. The van der Waals surface area contributed by atoms with Crippen LogP contribution in [0.4, 0.5) is 11.4 Å². The molecule has 0 amide bonds. The molecule has 2 unspecified atom stereocenters. The van der Waals surface area contributed by atoms with Crippen LogP contribution in [-0.2, 0) is 5.41 Å². The van der Waals surface area contributed by atoms with Crippen LogP contribution >= 0.6 is 0 Å². The summed E-state index contributed by atoms with van der Waals surface area (Å²) in [5.74, 6) is 3.58. The first-order chi connectivity index (χ1) is 17.2. The van der Waals surface area contributed by atoms with Gasteiger partial charge in [0.05, 0.1) is 6.04 Å². The Morgan fingerprint density at radius 1 is 0.743 bits per heavy atom. The van der Waals surface area contributed by atoms with Crippen LogP contribution in [0.3, 0.4) is 0 Å². The molecule has 4 aromatic rings. The SMILES string of the molecule is CC12C=CC=CC1N(c1ccc3c(c1)B1c4ccccc4Oc4cccc(c41)O3)c1ccccc12. The number of rotatable bonds is 1. The van der Waals surface area contributed by atoms with Crippen molar-refractivity contribution < 1.29 is 9.47 Å². The lowest BCUT2D eigenvalue weighted by molar-refractivity contribution is 0.464. The van der Waals surface area contributed by atoms with Crippen LogP contribution in [0, 0.1) is 0 Å². The fourth-order valence-electron chi connectivity index (χ4n) is 6.43. The zero-order valence-electron chi connectivity index (χ0n) is 19.3. The van der Waals surface area contributed by atoms with E-state index in [1.54, 1.807) is 0 Å². The van der Waals surface area contributed by atoms with E-state index < -0.39 is 0 Å². The van der Waals surface area contributed by atoms with E-state index in [1.807, 2.05) is 24.3 Å². The van der Waals surface area contributed by atoms with Gasteiger partial charge in [-0.1, -0.05) is 66.8 Å². The second kappa shape index (κ2) is 6.70. The molecule has 1 aliphatic carbocycles. The van der Waals surface area contributed by atoms with Gasteiger partial charge in [-0.3, -0.25) is 0 Å². The highest BCUT2D eigenvalue weighted by atomic mass is 16.5. The summed E-state index contributed by atoms with van der Waals surface area (Å²) in [5.41, 5.74) is 7.22. The third-order valence-electron chi connectivity index (χ3n) is 8.05. The number of nitrogens with zero attached hydrogens (tertiary/aromatic N) is 1. The molecular weight excluding hydrogens is 429 g/mol. The monoisotopic (exact) mass is 451 g/mol. The molecule has 0 spiro atoms. The van der Waals surface area contributed by atoms with Crippen molar-refractivity contribution in [1.29, 1.82) is 0 Å². The largest absolute Gasteiger partial charge is 0.458 e. The number of ether oxygens (including phenoxy) is 2. The molecule has 0 saturated heterocycles. The van der Waals surface area contributed by atoms with Crippen molar-refractivity contribution >= 4 is 34.5 Å². The van der Waals surface area contributed by atoms with E-state index >= 15 is 0 Å². The van der Waals surface area contributed by atoms with Gasteiger partial charge in [-0.25, -0.2) is 0 Å². The van der Waals surface area contributed by atoms with Crippen LogP contribution in [0.25, 0.3) is 0 Å². The van der Waals surface area contributed by atoms with E-state index in [9.17, 15) is 0 Å². The van der Waals surface area contributed by atoms with E-state index in [0.29, 0.717) is 0 Å². The fourth-order valence-corrected chi connectivity index (χ4v) is 6.43. The molecule has 4 heteroatoms. The van der Waals surface area contributed by atoms with Gasteiger partial charge in [0.25, 0.3) is 6.71 Å². The van der Waals surface area contributed by atoms with Gasteiger partial charge in [-0.05, 0) is 65.9 Å². The van der Waals surface area contributed by atoms with Crippen LogP contribution < -0.4 is 30.8 Å². The molecule has 0 saturated carbocycles. The van der Waals surface area contributed by atoms with Crippen molar-refractivity contribution in [1.82, 2.24) is 0 Å². The van der Waals surface area contributed by atoms with E-state index in [0.717, 1.165) is 28.5 Å². The zero-order chi connectivity index (χ0) is 23.1. The van der Waals surface area contributed by atoms with Crippen molar-refractivity contribution in [3.8, 4) is 23.0 Å². The smallest absolute Gasteiger partial charge is 0.260 e. The maximum atomic E-state index is 6.43. The second-order valence-corrected chi connectivity index (χ2v) is 9.92. The highest BCUT2D eigenvalue weighted by molar-refractivity contribution is 6.98. The maximum absolute atomic E-state index is 6.43. The summed E-state index contributed by atoms with van der Waals surface area (Å²) in [7, 11) is 0. The minimum atomic E-state index is -0.0667. The standard InChI is InChI=1S/C31H22BNO2/c1-31-18-7-6-15-29(31)33(24-11-4-2-9-21(24)31)20-16-17-26-23(19-20)32-22-10-3-5-12-25(22)34-27-13-8-14-28(35-26)30(27)32/h2-19,29H,1H3. The van der Waals surface area contributed by atoms with Crippen LogP contribution in [0.2, 0.25) is 0 Å². The predicted octanol–water partition coefficient (Wildman–Crippen LogP) is 5.32. The van der Waals surface area contributed by atoms with Gasteiger partial charge in [0, 0.05) is 22.3 Å². The molecule has 3 aliphatic heterocycles. The number of fused-ring (bicyclic) bond motifs is 7. The number of benzene rings is 4.